The molecule has 0 saturated heterocycles. The largest absolute Gasteiger partial charge is 0.274 e. The molecule has 0 saturated carbocycles. The molecule has 0 aliphatic rings. The number of hydrogen-bond donors (Lipinski definition) is 0. The average molecular weight is 286 g/mol. The van der Waals surface area contributed by atoms with E-state index in [1.165, 1.54) is 10.9 Å². The monoisotopic (exact) mass is 286 g/mol. The zero-order valence-corrected chi connectivity index (χ0v) is 9.82. The number of rotatable bonds is 1. The summed E-state index contributed by atoms with van der Waals surface area (Å²) in [6, 6.07) is 4.31. The van der Waals surface area contributed by atoms with Crippen LogP contribution in [0.1, 0.15) is 25.3 Å². The molecule has 0 bridgehead atoms. The summed E-state index contributed by atoms with van der Waals surface area (Å²) >= 11 is 2.24. The Morgan fingerprint density at radius 2 is 2.23 bits per heavy atom. The second kappa shape index (κ2) is 3.29. The third kappa shape index (κ3) is 1.57. The van der Waals surface area contributed by atoms with Gasteiger partial charge in [-0.25, -0.2) is 4.98 Å². The van der Waals surface area contributed by atoms with Crippen LogP contribution in [-0.2, 0) is 0 Å². The van der Waals surface area contributed by atoms with Gasteiger partial charge in [-0.15, -0.1) is 0 Å². The van der Waals surface area contributed by atoms with Crippen molar-refractivity contribution in [2.75, 3.05) is 0 Å². The van der Waals surface area contributed by atoms with Crippen molar-refractivity contribution >= 4 is 33.9 Å². The molecule has 0 fully saturated rings. The van der Waals surface area contributed by atoms with Gasteiger partial charge in [-0.05, 0) is 23.6 Å². The normalized spacial score (nSPS) is 11.4. The molecule has 68 valence electrons. The zero-order valence-electron chi connectivity index (χ0n) is 7.66. The van der Waals surface area contributed by atoms with E-state index in [0.29, 0.717) is 5.92 Å². The van der Waals surface area contributed by atoms with Crippen LogP contribution in [-0.4, -0.2) is 7.76 Å². The Hall–Kier alpha value is -0.580. The van der Waals surface area contributed by atoms with Crippen molar-refractivity contribution in [2.24, 2.45) is 0 Å². The third-order valence-corrected chi connectivity index (χ3v) is 2.95. The van der Waals surface area contributed by atoms with Crippen LogP contribution in [0.2, 0.25) is 0 Å². The minimum absolute atomic E-state index is 0.550. The first kappa shape index (κ1) is 8.99. The van der Waals surface area contributed by atoms with Crippen LogP contribution >= 0.6 is 22.9 Å². The SMILES string of the molecule is CC(C)c1cnc2c(ccn2I)c1. The Kier molecular flexibility index (Phi) is 2.27. The van der Waals surface area contributed by atoms with E-state index in [2.05, 4.69) is 53.8 Å². The Balaban J connectivity index is 2.63. The molecular weight excluding hydrogens is 275 g/mol. The molecule has 2 nitrogen and oxygen atoms in total. The lowest BCUT2D eigenvalue weighted by Gasteiger charge is -2.03. The molecule has 0 spiro atoms. The van der Waals surface area contributed by atoms with E-state index in [-0.39, 0.29) is 0 Å². The molecule has 2 heterocycles. The van der Waals surface area contributed by atoms with Crippen LogP contribution in [0, 0.1) is 0 Å². The van der Waals surface area contributed by atoms with Gasteiger partial charge < -0.3 is 0 Å². The van der Waals surface area contributed by atoms with Crippen LogP contribution in [0.5, 0.6) is 0 Å². The summed E-state index contributed by atoms with van der Waals surface area (Å²) < 4.78 is 2.01. The summed E-state index contributed by atoms with van der Waals surface area (Å²) in [5, 5.41) is 1.22. The molecule has 3 heteroatoms. The highest BCUT2D eigenvalue weighted by atomic mass is 127. The molecule has 0 unspecified atom stereocenters. The highest BCUT2D eigenvalue weighted by molar-refractivity contribution is 14.1. The molecule has 0 N–H and O–H groups in total. The fraction of sp³-hybridized carbons (Fsp3) is 0.300. The zero-order chi connectivity index (χ0) is 9.42. The van der Waals surface area contributed by atoms with E-state index >= 15 is 0 Å². The first-order chi connectivity index (χ1) is 6.18. The predicted octanol–water partition coefficient (Wildman–Crippen LogP) is 3.36. The fourth-order valence-corrected chi connectivity index (χ4v) is 1.89. The van der Waals surface area contributed by atoms with Gasteiger partial charge in [-0.2, -0.15) is 0 Å². The molecule has 13 heavy (non-hydrogen) atoms. The van der Waals surface area contributed by atoms with Gasteiger partial charge in [-0.3, -0.25) is 2.78 Å². The Morgan fingerprint density at radius 3 is 2.92 bits per heavy atom. The van der Waals surface area contributed by atoms with Crippen LogP contribution in [0.15, 0.2) is 24.5 Å². The van der Waals surface area contributed by atoms with E-state index in [4.69, 9.17) is 0 Å². The summed E-state index contributed by atoms with van der Waals surface area (Å²) in [5.74, 6) is 0.550. The van der Waals surface area contributed by atoms with Gasteiger partial charge in [0.25, 0.3) is 0 Å². The lowest BCUT2D eigenvalue weighted by Crippen LogP contribution is -1.89. The molecule has 0 aliphatic carbocycles. The first-order valence-electron chi connectivity index (χ1n) is 4.31. The van der Waals surface area contributed by atoms with Crippen molar-refractivity contribution < 1.29 is 0 Å². The molecule has 0 radical (unpaired) electrons. The van der Waals surface area contributed by atoms with Crippen molar-refractivity contribution in [3.8, 4) is 0 Å². The van der Waals surface area contributed by atoms with Crippen LogP contribution in [0.3, 0.4) is 0 Å². The maximum absolute atomic E-state index is 4.42. The van der Waals surface area contributed by atoms with E-state index in [9.17, 15) is 0 Å². The Labute approximate surface area is 91.5 Å². The van der Waals surface area contributed by atoms with E-state index < -0.39 is 0 Å². The maximum atomic E-state index is 4.42. The molecule has 0 amide bonds. The second-order valence-corrected chi connectivity index (χ2v) is 4.50. The van der Waals surface area contributed by atoms with E-state index in [1.54, 1.807) is 0 Å². The lowest BCUT2D eigenvalue weighted by molar-refractivity contribution is 0.861. The molecule has 0 atom stereocenters. The van der Waals surface area contributed by atoms with Gasteiger partial charge in [-0.1, -0.05) is 13.8 Å². The average Bonchev–Trinajstić information content (AvgIpc) is 2.47. The summed E-state index contributed by atoms with van der Waals surface area (Å²) in [7, 11) is 0. The predicted molar refractivity (Wildman–Crippen MR) is 63.2 cm³/mol. The molecule has 0 aliphatic heterocycles. The minimum atomic E-state index is 0.550. The number of halogens is 1. The summed E-state index contributed by atoms with van der Waals surface area (Å²) in [5.41, 5.74) is 2.35. The van der Waals surface area contributed by atoms with Gasteiger partial charge in [0.15, 0.2) is 0 Å². The first-order valence-corrected chi connectivity index (χ1v) is 5.28. The Morgan fingerprint density at radius 1 is 1.46 bits per heavy atom. The van der Waals surface area contributed by atoms with Gasteiger partial charge in [0.2, 0.25) is 0 Å². The number of pyridine rings is 1. The number of nitrogens with zero attached hydrogens (tertiary/aromatic N) is 2. The number of aromatic nitrogens is 2. The maximum Gasteiger partial charge on any atom is 0.148 e. The quantitative estimate of drug-likeness (QED) is 0.735. The van der Waals surface area contributed by atoms with Crippen molar-refractivity contribution in [3.05, 3.63) is 30.1 Å². The van der Waals surface area contributed by atoms with Crippen molar-refractivity contribution in [1.29, 1.82) is 0 Å². The molecule has 2 aromatic rings. The molecule has 0 aromatic carbocycles. The minimum Gasteiger partial charge on any atom is -0.274 e. The standard InChI is InChI=1S/C10H11IN2/c1-7(2)9-5-8-3-4-13(11)10(8)12-6-9/h3-7H,1-2H3. The highest BCUT2D eigenvalue weighted by Gasteiger charge is 2.03. The van der Waals surface area contributed by atoms with Crippen molar-refractivity contribution in [3.63, 3.8) is 0 Å². The highest BCUT2D eigenvalue weighted by Crippen LogP contribution is 2.20. The number of hydrogen-bond acceptors (Lipinski definition) is 1. The van der Waals surface area contributed by atoms with Crippen molar-refractivity contribution in [1.82, 2.24) is 7.76 Å². The summed E-state index contributed by atoms with van der Waals surface area (Å²) in [6.07, 6.45) is 3.99. The van der Waals surface area contributed by atoms with Gasteiger partial charge in [0.1, 0.15) is 5.65 Å². The number of fused-ring (bicyclic) bond motifs is 1. The van der Waals surface area contributed by atoms with Gasteiger partial charge in [0, 0.05) is 17.8 Å². The van der Waals surface area contributed by atoms with E-state index in [1.807, 2.05) is 15.2 Å². The second-order valence-electron chi connectivity index (χ2n) is 3.46. The van der Waals surface area contributed by atoms with Crippen LogP contribution in [0.4, 0.5) is 0 Å². The van der Waals surface area contributed by atoms with Gasteiger partial charge in [0.05, 0.1) is 22.9 Å². The van der Waals surface area contributed by atoms with Crippen LogP contribution < -0.4 is 0 Å². The lowest BCUT2D eigenvalue weighted by atomic mass is 10.1. The van der Waals surface area contributed by atoms with E-state index in [0.717, 1.165) is 5.65 Å². The molecule has 2 rings (SSSR count). The summed E-state index contributed by atoms with van der Waals surface area (Å²) in [6.45, 7) is 4.37. The molecule has 2 aromatic heterocycles. The van der Waals surface area contributed by atoms with Crippen molar-refractivity contribution in [2.45, 2.75) is 19.8 Å². The smallest absolute Gasteiger partial charge is 0.148 e. The fourth-order valence-electron chi connectivity index (χ4n) is 1.32. The van der Waals surface area contributed by atoms with Crippen LogP contribution in [0.25, 0.3) is 11.0 Å². The third-order valence-electron chi connectivity index (χ3n) is 2.17. The molecular formula is C10H11IN2. The summed E-state index contributed by atoms with van der Waals surface area (Å²) in [4.78, 5) is 4.42. The van der Waals surface area contributed by atoms with Gasteiger partial charge >= 0.3 is 0 Å². The topological polar surface area (TPSA) is 17.8 Å². The Bertz CT molecular complexity index is 431.